The van der Waals surface area contributed by atoms with Crippen LogP contribution in [0.5, 0.6) is 0 Å². The number of nitro groups is 1. The highest BCUT2D eigenvalue weighted by Crippen LogP contribution is 2.31. The van der Waals surface area contributed by atoms with Crippen LogP contribution in [0.3, 0.4) is 0 Å². The fraction of sp³-hybridized carbons (Fsp3) is 0.217. The molecule has 9 nitrogen and oxygen atoms in total. The van der Waals surface area contributed by atoms with Gasteiger partial charge in [-0.15, -0.1) is 0 Å². The fourth-order valence-electron chi connectivity index (χ4n) is 4.04. The zero-order valence-corrected chi connectivity index (χ0v) is 17.6. The first-order chi connectivity index (χ1) is 15.3. The summed E-state index contributed by atoms with van der Waals surface area (Å²) in [6, 6.07) is 16.6. The van der Waals surface area contributed by atoms with Crippen molar-refractivity contribution in [3.05, 3.63) is 80.6 Å². The number of non-ortho nitro benzene ring substituents is 1. The lowest BCUT2D eigenvalue weighted by Gasteiger charge is -2.18. The van der Waals surface area contributed by atoms with Crippen molar-refractivity contribution in [2.24, 2.45) is 0 Å². The van der Waals surface area contributed by atoms with E-state index in [4.69, 9.17) is 0 Å². The molecule has 0 spiro atoms. The average Bonchev–Trinajstić information content (AvgIpc) is 3.06. The van der Waals surface area contributed by atoms with Crippen LogP contribution in [0.25, 0.3) is 27.6 Å². The molecule has 32 heavy (non-hydrogen) atoms. The topological polar surface area (TPSA) is 117 Å². The Balaban J connectivity index is 2.06. The van der Waals surface area contributed by atoms with E-state index in [0.717, 1.165) is 10.9 Å². The second-order valence-electron chi connectivity index (χ2n) is 7.86. The van der Waals surface area contributed by atoms with Crippen molar-refractivity contribution in [3.63, 3.8) is 0 Å². The van der Waals surface area contributed by atoms with Crippen LogP contribution in [0.2, 0.25) is 0 Å². The normalized spacial score (nSPS) is 12.3. The number of benzene rings is 2. The van der Waals surface area contributed by atoms with Gasteiger partial charge < -0.3 is 14.6 Å². The van der Waals surface area contributed by atoms with E-state index in [2.05, 4.69) is 0 Å². The maximum Gasteiger partial charge on any atom is 0.273 e. The Labute approximate surface area is 183 Å². The lowest BCUT2D eigenvalue weighted by Crippen LogP contribution is -2.29. The minimum Gasteiger partial charge on any atom is -0.390 e. The third-order valence-corrected chi connectivity index (χ3v) is 5.33. The van der Waals surface area contributed by atoms with E-state index < -0.39 is 16.6 Å². The van der Waals surface area contributed by atoms with E-state index in [1.807, 2.05) is 53.9 Å². The predicted molar refractivity (Wildman–Crippen MR) is 121 cm³/mol. The molecule has 0 saturated heterocycles. The fourth-order valence-corrected chi connectivity index (χ4v) is 4.04. The summed E-state index contributed by atoms with van der Waals surface area (Å²) in [5.74, 6) is 0. The Bertz CT molecular complexity index is 1430. The number of fused-ring (bicyclic) bond motifs is 3. The van der Waals surface area contributed by atoms with Crippen LogP contribution < -0.4 is 5.56 Å². The SMILES string of the molecule is CN(C)CC(O)Cn1c2ccccc2c2c1cc(C#N)c(=O)n2-c1ccc([N+](=O)[O-])cc1. The zero-order chi connectivity index (χ0) is 23.0. The number of nitro benzene ring substituents is 1. The molecule has 2 aromatic carbocycles. The van der Waals surface area contributed by atoms with Crippen molar-refractivity contribution in [1.82, 2.24) is 14.0 Å². The molecule has 0 aliphatic carbocycles. The summed E-state index contributed by atoms with van der Waals surface area (Å²) in [6.07, 6.45) is -0.672. The number of aromatic nitrogens is 2. The van der Waals surface area contributed by atoms with Crippen LogP contribution in [-0.2, 0) is 6.54 Å². The molecular formula is C23H21N5O4. The minimum atomic E-state index is -0.672. The average molecular weight is 431 g/mol. The summed E-state index contributed by atoms with van der Waals surface area (Å²) in [5, 5.41) is 32.0. The maximum absolute atomic E-state index is 13.2. The number of pyridine rings is 1. The Morgan fingerprint density at radius 3 is 2.47 bits per heavy atom. The van der Waals surface area contributed by atoms with Crippen LogP contribution in [-0.4, -0.2) is 50.8 Å². The number of nitriles is 1. The molecule has 0 aliphatic rings. The van der Waals surface area contributed by atoms with Gasteiger partial charge in [-0.25, -0.2) is 0 Å². The van der Waals surface area contributed by atoms with E-state index in [0.29, 0.717) is 23.3 Å². The van der Waals surface area contributed by atoms with E-state index >= 15 is 0 Å². The van der Waals surface area contributed by atoms with Crippen LogP contribution in [0, 0.1) is 21.4 Å². The number of likely N-dealkylation sites (N-methyl/N-ethyl adjacent to an activating group) is 1. The number of aliphatic hydroxyl groups is 1. The lowest BCUT2D eigenvalue weighted by molar-refractivity contribution is -0.384. The van der Waals surface area contributed by atoms with Gasteiger partial charge in [-0.1, -0.05) is 18.2 Å². The number of rotatable bonds is 6. The predicted octanol–water partition coefficient (Wildman–Crippen LogP) is 2.65. The largest absolute Gasteiger partial charge is 0.390 e. The van der Waals surface area contributed by atoms with Gasteiger partial charge >= 0.3 is 0 Å². The van der Waals surface area contributed by atoms with Crippen LogP contribution >= 0.6 is 0 Å². The quantitative estimate of drug-likeness (QED) is 0.370. The summed E-state index contributed by atoms with van der Waals surface area (Å²) in [6.45, 7) is 0.715. The number of hydrogen-bond acceptors (Lipinski definition) is 6. The maximum atomic E-state index is 13.2. The molecule has 2 heterocycles. The third-order valence-electron chi connectivity index (χ3n) is 5.33. The highest BCUT2D eigenvalue weighted by atomic mass is 16.6. The molecule has 4 rings (SSSR count). The molecular weight excluding hydrogens is 410 g/mol. The van der Waals surface area contributed by atoms with Gasteiger partial charge in [0.1, 0.15) is 11.6 Å². The van der Waals surface area contributed by atoms with Crippen molar-refractivity contribution in [2.75, 3.05) is 20.6 Å². The summed E-state index contributed by atoms with van der Waals surface area (Å²) in [5.41, 5.74) is 1.77. The summed E-state index contributed by atoms with van der Waals surface area (Å²) in [4.78, 5) is 25.6. The number of para-hydroxylation sites is 1. The van der Waals surface area contributed by atoms with Gasteiger partial charge in [-0.3, -0.25) is 19.5 Å². The van der Waals surface area contributed by atoms with Crippen molar-refractivity contribution in [3.8, 4) is 11.8 Å². The van der Waals surface area contributed by atoms with Crippen LogP contribution in [0.1, 0.15) is 5.56 Å². The van der Waals surface area contributed by atoms with Gasteiger partial charge in [0.15, 0.2) is 0 Å². The van der Waals surface area contributed by atoms with Crippen molar-refractivity contribution in [2.45, 2.75) is 12.6 Å². The molecule has 4 aromatic rings. The second-order valence-corrected chi connectivity index (χ2v) is 7.86. The summed E-state index contributed by atoms with van der Waals surface area (Å²) in [7, 11) is 3.74. The molecule has 1 atom stereocenters. The molecule has 162 valence electrons. The molecule has 1 N–H and O–H groups in total. The van der Waals surface area contributed by atoms with Gasteiger partial charge in [-0.05, 0) is 38.4 Å². The smallest absolute Gasteiger partial charge is 0.273 e. The molecule has 2 aromatic heterocycles. The van der Waals surface area contributed by atoms with Gasteiger partial charge in [0.2, 0.25) is 0 Å². The van der Waals surface area contributed by atoms with E-state index in [1.165, 1.54) is 28.8 Å². The van der Waals surface area contributed by atoms with Crippen LogP contribution in [0.15, 0.2) is 59.4 Å². The Kier molecular flexibility index (Phi) is 5.48. The number of aliphatic hydroxyl groups excluding tert-OH is 1. The van der Waals surface area contributed by atoms with E-state index in [-0.39, 0.29) is 17.8 Å². The first kappa shape index (κ1) is 21.2. The molecule has 0 radical (unpaired) electrons. The van der Waals surface area contributed by atoms with Gasteiger partial charge in [0.25, 0.3) is 11.2 Å². The first-order valence-corrected chi connectivity index (χ1v) is 9.96. The lowest BCUT2D eigenvalue weighted by atomic mass is 10.2. The molecule has 0 aliphatic heterocycles. The molecule has 0 amide bonds. The monoisotopic (exact) mass is 431 g/mol. The van der Waals surface area contributed by atoms with Crippen LogP contribution in [0.4, 0.5) is 5.69 Å². The third kappa shape index (κ3) is 3.62. The summed E-state index contributed by atoms with van der Waals surface area (Å²) >= 11 is 0. The molecule has 9 heteroatoms. The van der Waals surface area contributed by atoms with Gasteiger partial charge in [0, 0.05) is 29.8 Å². The number of nitrogens with zero attached hydrogens (tertiary/aromatic N) is 5. The molecule has 0 saturated carbocycles. The van der Waals surface area contributed by atoms with Crippen molar-refractivity contribution >= 4 is 27.6 Å². The zero-order valence-electron chi connectivity index (χ0n) is 17.6. The van der Waals surface area contributed by atoms with Gasteiger partial charge in [-0.2, -0.15) is 5.26 Å². The number of hydrogen-bond donors (Lipinski definition) is 1. The Morgan fingerprint density at radius 1 is 1.16 bits per heavy atom. The van der Waals surface area contributed by atoms with Gasteiger partial charge in [0.05, 0.1) is 34.1 Å². The summed E-state index contributed by atoms with van der Waals surface area (Å²) < 4.78 is 3.32. The molecule has 1 unspecified atom stereocenters. The Morgan fingerprint density at radius 2 is 1.84 bits per heavy atom. The Hall–Kier alpha value is -4.00. The highest BCUT2D eigenvalue weighted by molar-refractivity contribution is 6.07. The first-order valence-electron chi connectivity index (χ1n) is 9.96. The minimum absolute atomic E-state index is 0.0537. The molecule has 0 bridgehead atoms. The molecule has 0 fully saturated rings. The van der Waals surface area contributed by atoms with Crippen molar-refractivity contribution in [1.29, 1.82) is 5.26 Å². The van der Waals surface area contributed by atoms with E-state index in [1.54, 1.807) is 6.07 Å². The van der Waals surface area contributed by atoms with E-state index in [9.17, 15) is 25.3 Å². The van der Waals surface area contributed by atoms with Crippen molar-refractivity contribution < 1.29 is 10.0 Å². The highest BCUT2D eigenvalue weighted by Gasteiger charge is 2.21. The standard InChI is InChI=1S/C23H21N5O4/c1-25(2)13-18(29)14-26-20-6-4-3-5-19(20)22-21(26)11-15(12-24)23(30)27(22)16-7-9-17(10-8-16)28(31)32/h3-11,18,29H,13-14H2,1-2H3. The second kappa shape index (κ2) is 8.26.